The molecule has 0 bridgehead atoms. The monoisotopic (exact) mass is 274 g/mol. The molecule has 0 heterocycles. The average Bonchev–Trinajstić information content (AvgIpc) is 3.20. The minimum atomic E-state index is 0.706. The molecule has 0 aromatic heterocycles. The zero-order chi connectivity index (χ0) is 14.5. The second-order valence-electron chi connectivity index (χ2n) is 6.64. The van der Waals surface area contributed by atoms with Gasteiger partial charge in [-0.15, -0.1) is 0 Å². The van der Waals surface area contributed by atoms with Gasteiger partial charge in [0.25, 0.3) is 0 Å². The lowest BCUT2D eigenvalue weighted by molar-refractivity contribution is 0.551. The summed E-state index contributed by atoms with van der Waals surface area (Å²) in [6.07, 6.45) is 2.84. The standard InChI is InChI=1S/C18H30N2/c1-5-20(13-16-7-8-16)18-9-6-15(4)10-17(18)12-19-11-14(2)3/h6,9-10,14,16,19H,5,7-8,11-13H2,1-4H3. The number of benzene rings is 1. The minimum Gasteiger partial charge on any atom is -0.371 e. The first-order chi connectivity index (χ1) is 9.60. The van der Waals surface area contributed by atoms with Crippen LogP contribution in [0.2, 0.25) is 0 Å². The topological polar surface area (TPSA) is 15.3 Å². The van der Waals surface area contributed by atoms with Crippen molar-refractivity contribution in [2.45, 2.75) is 47.1 Å². The van der Waals surface area contributed by atoms with Crippen LogP contribution in [0.25, 0.3) is 0 Å². The molecule has 1 aliphatic rings. The van der Waals surface area contributed by atoms with Crippen LogP contribution in [-0.2, 0) is 6.54 Å². The lowest BCUT2D eigenvalue weighted by Crippen LogP contribution is -2.28. The maximum Gasteiger partial charge on any atom is 0.0412 e. The van der Waals surface area contributed by atoms with Gasteiger partial charge in [-0.3, -0.25) is 0 Å². The van der Waals surface area contributed by atoms with E-state index in [4.69, 9.17) is 0 Å². The zero-order valence-electron chi connectivity index (χ0n) is 13.6. The van der Waals surface area contributed by atoms with Crippen molar-refractivity contribution < 1.29 is 0 Å². The van der Waals surface area contributed by atoms with Crippen LogP contribution in [0, 0.1) is 18.8 Å². The van der Waals surface area contributed by atoms with Crippen molar-refractivity contribution in [2.75, 3.05) is 24.5 Å². The van der Waals surface area contributed by atoms with Crippen LogP contribution in [0.15, 0.2) is 18.2 Å². The van der Waals surface area contributed by atoms with E-state index in [2.05, 4.69) is 56.1 Å². The quantitative estimate of drug-likeness (QED) is 0.771. The Morgan fingerprint density at radius 2 is 2.05 bits per heavy atom. The Kier molecular flexibility index (Phi) is 5.47. The summed E-state index contributed by atoms with van der Waals surface area (Å²) in [7, 11) is 0. The van der Waals surface area contributed by atoms with E-state index in [1.54, 1.807) is 0 Å². The summed E-state index contributed by atoms with van der Waals surface area (Å²) in [4.78, 5) is 2.56. The van der Waals surface area contributed by atoms with Crippen LogP contribution in [0.5, 0.6) is 0 Å². The molecule has 1 N–H and O–H groups in total. The van der Waals surface area contributed by atoms with E-state index in [-0.39, 0.29) is 0 Å². The first-order valence-electron chi connectivity index (χ1n) is 8.15. The van der Waals surface area contributed by atoms with Crippen molar-refractivity contribution in [1.82, 2.24) is 5.32 Å². The van der Waals surface area contributed by atoms with Crippen molar-refractivity contribution in [2.24, 2.45) is 11.8 Å². The highest BCUT2D eigenvalue weighted by atomic mass is 15.1. The van der Waals surface area contributed by atoms with Gasteiger partial charge in [-0.1, -0.05) is 31.5 Å². The highest BCUT2D eigenvalue weighted by molar-refractivity contribution is 5.55. The first kappa shape index (κ1) is 15.4. The smallest absolute Gasteiger partial charge is 0.0412 e. The predicted octanol–water partition coefficient (Wildman–Crippen LogP) is 3.98. The number of rotatable bonds is 8. The van der Waals surface area contributed by atoms with Gasteiger partial charge in [-0.2, -0.15) is 0 Å². The zero-order valence-corrected chi connectivity index (χ0v) is 13.6. The van der Waals surface area contributed by atoms with Gasteiger partial charge in [0.15, 0.2) is 0 Å². The van der Waals surface area contributed by atoms with Crippen LogP contribution < -0.4 is 10.2 Å². The molecule has 2 rings (SSSR count). The van der Waals surface area contributed by atoms with E-state index < -0.39 is 0 Å². The van der Waals surface area contributed by atoms with Crippen LogP contribution in [0.1, 0.15) is 44.7 Å². The molecule has 1 aromatic rings. The molecule has 112 valence electrons. The van der Waals surface area contributed by atoms with Crippen LogP contribution in [0.3, 0.4) is 0 Å². The summed E-state index contributed by atoms with van der Waals surface area (Å²) in [5.41, 5.74) is 4.24. The van der Waals surface area contributed by atoms with Gasteiger partial charge in [0.05, 0.1) is 0 Å². The number of anilines is 1. The third kappa shape index (κ3) is 4.52. The van der Waals surface area contributed by atoms with Crippen molar-refractivity contribution in [1.29, 1.82) is 0 Å². The van der Waals surface area contributed by atoms with Crippen molar-refractivity contribution >= 4 is 5.69 Å². The molecular weight excluding hydrogens is 244 g/mol. The molecule has 0 unspecified atom stereocenters. The van der Waals surface area contributed by atoms with Crippen LogP contribution >= 0.6 is 0 Å². The molecule has 20 heavy (non-hydrogen) atoms. The van der Waals surface area contributed by atoms with Crippen LogP contribution in [-0.4, -0.2) is 19.6 Å². The average molecular weight is 274 g/mol. The number of hydrogen-bond acceptors (Lipinski definition) is 2. The van der Waals surface area contributed by atoms with Gasteiger partial charge >= 0.3 is 0 Å². The fourth-order valence-electron chi connectivity index (χ4n) is 2.67. The molecule has 1 aliphatic carbocycles. The summed E-state index contributed by atoms with van der Waals surface area (Å²) in [6.45, 7) is 13.4. The minimum absolute atomic E-state index is 0.706. The van der Waals surface area contributed by atoms with E-state index >= 15 is 0 Å². The molecule has 2 nitrogen and oxygen atoms in total. The van der Waals surface area contributed by atoms with Crippen molar-refractivity contribution in [3.8, 4) is 0 Å². The van der Waals surface area contributed by atoms with E-state index in [1.165, 1.54) is 36.2 Å². The Morgan fingerprint density at radius 3 is 2.65 bits per heavy atom. The molecule has 0 aliphatic heterocycles. The van der Waals surface area contributed by atoms with Gasteiger partial charge in [0, 0.05) is 25.3 Å². The van der Waals surface area contributed by atoms with Crippen molar-refractivity contribution in [3.05, 3.63) is 29.3 Å². The SMILES string of the molecule is CCN(CC1CC1)c1ccc(C)cc1CNCC(C)C. The van der Waals surface area contributed by atoms with Crippen LogP contribution in [0.4, 0.5) is 5.69 Å². The maximum atomic E-state index is 3.59. The van der Waals surface area contributed by atoms with E-state index in [0.29, 0.717) is 5.92 Å². The lowest BCUT2D eigenvalue weighted by Gasteiger charge is -2.26. The molecule has 1 saturated carbocycles. The lowest BCUT2D eigenvalue weighted by atomic mass is 10.1. The molecule has 1 aromatic carbocycles. The maximum absolute atomic E-state index is 3.59. The molecule has 2 heteroatoms. The fourth-order valence-corrected chi connectivity index (χ4v) is 2.67. The van der Waals surface area contributed by atoms with Crippen molar-refractivity contribution in [3.63, 3.8) is 0 Å². The molecular formula is C18H30N2. The Bertz CT molecular complexity index is 421. The number of nitrogens with zero attached hydrogens (tertiary/aromatic N) is 1. The second kappa shape index (κ2) is 7.12. The van der Waals surface area contributed by atoms with Gasteiger partial charge < -0.3 is 10.2 Å². The van der Waals surface area contributed by atoms with Gasteiger partial charge in [0.2, 0.25) is 0 Å². The highest BCUT2D eigenvalue weighted by Crippen LogP contribution is 2.32. The van der Waals surface area contributed by atoms with E-state index in [9.17, 15) is 0 Å². The second-order valence-corrected chi connectivity index (χ2v) is 6.64. The molecule has 0 radical (unpaired) electrons. The van der Waals surface area contributed by atoms with Gasteiger partial charge in [-0.05, 0) is 56.7 Å². The largest absolute Gasteiger partial charge is 0.371 e. The summed E-state index contributed by atoms with van der Waals surface area (Å²) in [5, 5.41) is 3.59. The Hall–Kier alpha value is -1.02. The third-order valence-electron chi connectivity index (χ3n) is 4.00. The summed E-state index contributed by atoms with van der Waals surface area (Å²) < 4.78 is 0. The Morgan fingerprint density at radius 1 is 1.30 bits per heavy atom. The molecule has 0 atom stereocenters. The Balaban J connectivity index is 2.08. The fraction of sp³-hybridized carbons (Fsp3) is 0.667. The van der Waals surface area contributed by atoms with Gasteiger partial charge in [-0.25, -0.2) is 0 Å². The molecule has 0 spiro atoms. The number of nitrogens with one attached hydrogen (secondary N) is 1. The van der Waals surface area contributed by atoms with E-state index in [1.807, 2.05) is 0 Å². The molecule has 1 fully saturated rings. The predicted molar refractivity (Wildman–Crippen MR) is 88.3 cm³/mol. The summed E-state index contributed by atoms with van der Waals surface area (Å²) in [5.74, 6) is 1.64. The van der Waals surface area contributed by atoms with E-state index in [0.717, 1.165) is 25.6 Å². The van der Waals surface area contributed by atoms with Gasteiger partial charge in [0.1, 0.15) is 0 Å². The molecule has 0 saturated heterocycles. The normalized spacial score (nSPS) is 14.8. The third-order valence-corrected chi connectivity index (χ3v) is 4.00. The number of hydrogen-bond donors (Lipinski definition) is 1. The summed E-state index contributed by atoms with van der Waals surface area (Å²) in [6, 6.07) is 6.91. The number of aryl methyl sites for hydroxylation is 1. The highest BCUT2D eigenvalue weighted by Gasteiger charge is 2.24. The molecule has 0 amide bonds. The summed E-state index contributed by atoms with van der Waals surface area (Å²) >= 11 is 0. The first-order valence-corrected chi connectivity index (χ1v) is 8.15. The Labute approximate surface area is 124 Å².